The van der Waals surface area contributed by atoms with Crippen molar-refractivity contribution >= 4 is 18.4 Å². The summed E-state index contributed by atoms with van der Waals surface area (Å²) in [5.41, 5.74) is 1.41. The number of phenols is 1. The number of rotatable bonds is 5. The first-order valence-electron chi connectivity index (χ1n) is 7.42. The van der Waals surface area contributed by atoms with Crippen LogP contribution >= 0.6 is 12.2 Å². The number of aromatic amines is 1. The molecule has 0 fully saturated rings. The monoisotopic (exact) mass is 340 g/mol. The zero-order valence-electron chi connectivity index (χ0n) is 13.0. The molecule has 0 unspecified atom stereocenters. The van der Waals surface area contributed by atoms with Crippen molar-refractivity contribution in [1.29, 1.82) is 0 Å². The topological polar surface area (TPSA) is 75.4 Å². The lowest BCUT2D eigenvalue weighted by Gasteiger charge is -2.05. The van der Waals surface area contributed by atoms with E-state index in [4.69, 9.17) is 17.0 Å². The number of ether oxygens (including phenoxy) is 1. The fourth-order valence-corrected chi connectivity index (χ4v) is 2.37. The Morgan fingerprint density at radius 1 is 1.29 bits per heavy atom. The summed E-state index contributed by atoms with van der Waals surface area (Å²) in [5.74, 6) is 1.46. The molecule has 3 aromatic rings. The van der Waals surface area contributed by atoms with E-state index in [1.54, 1.807) is 18.2 Å². The highest BCUT2D eigenvalue weighted by atomic mass is 32.1. The van der Waals surface area contributed by atoms with Crippen LogP contribution in [0.15, 0.2) is 53.6 Å². The molecule has 0 aliphatic heterocycles. The van der Waals surface area contributed by atoms with E-state index >= 15 is 0 Å². The summed E-state index contributed by atoms with van der Waals surface area (Å²) in [4.78, 5) is 0. The van der Waals surface area contributed by atoms with Gasteiger partial charge in [-0.1, -0.05) is 24.3 Å². The van der Waals surface area contributed by atoms with Crippen molar-refractivity contribution in [2.24, 2.45) is 5.10 Å². The van der Waals surface area contributed by atoms with E-state index in [0.717, 1.165) is 11.3 Å². The van der Waals surface area contributed by atoms with E-state index in [1.165, 1.54) is 10.9 Å². The van der Waals surface area contributed by atoms with E-state index in [0.29, 0.717) is 22.8 Å². The average molecular weight is 340 g/mol. The molecule has 122 valence electrons. The van der Waals surface area contributed by atoms with Crippen LogP contribution in [0.25, 0.3) is 11.4 Å². The van der Waals surface area contributed by atoms with Crippen LogP contribution in [0.1, 0.15) is 12.5 Å². The predicted octanol–water partition coefficient (Wildman–Crippen LogP) is 3.59. The number of nitrogens with one attached hydrogen (secondary N) is 1. The number of benzene rings is 2. The SMILES string of the molecule is CCOc1cccc(-c2n[nH]c(=S)n2/N=C\c2ccccc2O)c1. The van der Waals surface area contributed by atoms with E-state index in [2.05, 4.69) is 15.3 Å². The van der Waals surface area contributed by atoms with Crippen LogP contribution < -0.4 is 4.74 Å². The van der Waals surface area contributed by atoms with Gasteiger partial charge in [0.25, 0.3) is 0 Å². The second kappa shape index (κ2) is 7.10. The summed E-state index contributed by atoms with van der Waals surface area (Å²) in [7, 11) is 0. The standard InChI is InChI=1S/C17H16N4O2S/c1-2-23-14-8-5-7-12(10-14)16-19-20-17(24)21(16)18-11-13-6-3-4-9-15(13)22/h3-11,22H,2H2,1H3,(H,20,24)/b18-11-. The lowest BCUT2D eigenvalue weighted by Crippen LogP contribution is -1.96. The zero-order chi connectivity index (χ0) is 16.9. The van der Waals surface area contributed by atoms with E-state index in [1.807, 2.05) is 37.3 Å². The normalized spacial score (nSPS) is 11.0. The van der Waals surface area contributed by atoms with Crippen molar-refractivity contribution in [2.45, 2.75) is 6.92 Å². The van der Waals surface area contributed by atoms with Gasteiger partial charge in [-0.05, 0) is 43.4 Å². The van der Waals surface area contributed by atoms with Crippen molar-refractivity contribution in [3.63, 3.8) is 0 Å². The number of aromatic hydroxyl groups is 1. The van der Waals surface area contributed by atoms with Crippen LogP contribution in [0.3, 0.4) is 0 Å². The summed E-state index contributed by atoms with van der Waals surface area (Å²) >= 11 is 5.24. The predicted molar refractivity (Wildman–Crippen MR) is 95.1 cm³/mol. The van der Waals surface area contributed by atoms with Crippen molar-refractivity contribution in [1.82, 2.24) is 14.9 Å². The van der Waals surface area contributed by atoms with Gasteiger partial charge in [0.1, 0.15) is 11.5 Å². The van der Waals surface area contributed by atoms with E-state index in [9.17, 15) is 5.11 Å². The third-order valence-corrected chi connectivity index (χ3v) is 3.57. The highest BCUT2D eigenvalue weighted by molar-refractivity contribution is 7.71. The van der Waals surface area contributed by atoms with Crippen LogP contribution in [-0.2, 0) is 0 Å². The molecule has 0 aliphatic rings. The summed E-state index contributed by atoms with van der Waals surface area (Å²) in [6.07, 6.45) is 1.54. The van der Waals surface area contributed by atoms with Crippen molar-refractivity contribution in [2.75, 3.05) is 6.61 Å². The molecule has 0 amide bonds. The molecule has 0 atom stereocenters. The van der Waals surface area contributed by atoms with E-state index in [-0.39, 0.29) is 5.75 Å². The van der Waals surface area contributed by atoms with Crippen LogP contribution in [0.2, 0.25) is 0 Å². The fourth-order valence-electron chi connectivity index (χ4n) is 2.19. The molecule has 7 heteroatoms. The van der Waals surface area contributed by atoms with Crippen LogP contribution in [0, 0.1) is 4.77 Å². The van der Waals surface area contributed by atoms with Gasteiger partial charge in [0.15, 0.2) is 5.82 Å². The number of phenolic OH excluding ortho intramolecular Hbond substituents is 1. The van der Waals surface area contributed by atoms with Crippen LogP contribution in [-0.4, -0.2) is 32.8 Å². The lowest BCUT2D eigenvalue weighted by molar-refractivity contribution is 0.340. The van der Waals surface area contributed by atoms with Gasteiger partial charge in [-0.2, -0.15) is 14.9 Å². The Hall–Kier alpha value is -2.93. The Morgan fingerprint density at radius 3 is 2.92 bits per heavy atom. The molecule has 24 heavy (non-hydrogen) atoms. The van der Waals surface area contributed by atoms with Gasteiger partial charge >= 0.3 is 0 Å². The first kappa shape index (κ1) is 15.9. The lowest BCUT2D eigenvalue weighted by atomic mass is 10.2. The Balaban J connectivity index is 1.99. The van der Waals surface area contributed by atoms with Gasteiger partial charge in [0.05, 0.1) is 12.8 Å². The summed E-state index contributed by atoms with van der Waals surface area (Å²) in [5, 5.41) is 21.1. The van der Waals surface area contributed by atoms with Gasteiger partial charge in [0, 0.05) is 11.1 Å². The molecule has 2 aromatic carbocycles. The zero-order valence-corrected chi connectivity index (χ0v) is 13.8. The highest BCUT2D eigenvalue weighted by Crippen LogP contribution is 2.23. The Labute approximate surface area is 144 Å². The third kappa shape index (κ3) is 3.36. The smallest absolute Gasteiger partial charge is 0.216 e. The number of hydrogen-bond donors (Lipinski definition) is 2. The molecular formula is C17H16N4O2S. The van der Waals surface area contributed by atoms with Gasteiger partial charge in [-0.3, -0.25) is 0 Å². The first-order valence-corrected chi connectivity index (χ1v) is 7.83. The molecule has 0 bridgehead atoms. The second-order valence-corrected chi connectivity index (χ2v) is 5.32. The molecule has 0 saturated heterocycles. The van der Waals surface area contributed by atoms with E-state index < -0.39 is 0 Å². The second-order valence-electron chi connectivity index (χ2n) is 4.93. The minimum absolute atomic E-state index is 0.149. The Kier molecular flexibility index (Phi) is 4.72. The minimum Gasteiger partial charge on any atom is -0.507 e. The summed E-state index contributed by atoms with van der Waals surface area (Å²) in [6.45, 7) is 2.51. The van der Waals surface area contributed by atoms with Crippen molar-refractivity contribution in [3.8, 4) is 22.9 Å². The largest absolute Gasteiger partial charge is 0.507 e. The highest BCUT2D eigenvalue weighted by Gasteiger charge is 2.09. The maximum atomic E-state index is 9.82. The molecule has 0 radical (unpaired) electrons. The van der Waals surface area contributed by atoms with Crippen LogP contribution in [0.4, 0.5) is 0 Å². The summed E-state index contributed by atoms with van der Waals surface area (Å²) < 4.78 is 7.38. The molecule has 0 spiro atoms. The van der Waals surface area contributed by atoms with Gasteiger partial charge in [-0.25, -0.2) is 5.10 Å². The third-order valence-electron chi connectivity index (χ3n) is 3.30. The molecule has 0 saturated carbocycles. The molecule has 1 heterocycles. The number of nitrogens with zero attached hydrogens (tertiary/aromatic N) is 3. The fraction of sp³-hybridized carbons (Fsp3) is 0.118. The number of aromatic nitrogens is 3. The van der Waals surface area contributed by atoms with Crippen LogP contribution in [0.5, 0.6) is 11.5 Å². The number of H-pyrrole nitrogens is 1. The van der Waals surface area contributed by atoms with Gasteiger partial charge in [0.2, 0.25) is 4.77 Å². The minimum atomic E-state index is 0.149. The molecule has 3 rings (SSSR count). The Morgan fingerprint density at radius 2 is 2.12 bits per heavy atom. The Bertz CT molecular complexity index is 930. The maximum Gasteiger partial charge on any atom is 0.216 e. The van der Waals surface area contributed by atoms with Gasteiger partial charge < -0.3 is 9.84 Å². The molecular weight excluding hydrogens is 324 g/mol. The van der Waals surface area contributed by atoms with Gasteiger partial charge in [-0.15, -0.1) is 0 Å². The number of hydrogen-bond acceptors (Lipinski definition) is 5. The summed E-state index contributed by atoms with van der Waals surface area (Å²) in [6, 6.07) is 14.5. The molecule has 1 aromatic heterocycles. The number of para-hydroxylation sites is 1. The molecule has 6 nitrogen and oxygen atoms in total. The quantitative estimate of drug-likeness (QED) is 0.550. The average Bonchev–Trinajstić information content (AvgIpc) is 2.96. The molecule has 0 aliphatic carbocycles. The van der Waals surface area contributed by atoms with Crippen molar-refractivity contribution in [3.05, 3.63) is 58.9 Å². The maximum absolute atomic E-state index is 9.82. The molecule has 2 N–H and O–H groups in total. The first-order chi connectivity index (χ1) is 11.7. The van der Waals surface area contributed by atoms with Crippen molar-refractivity contribution < 1.29 is 9.84 Å².